The van der Waals surface area contributed by atoms with Crippen molar-refractivity contribution in [2.45, 2.75) is 76.3 Å². The average molecular weight is 569 g/mol. The number of nitrogens with zero attached hydrogens (tertiary/aromatic N) is 3. The van der Waals surface area contributed by atoms with Crippen LogP contribution in [-0.2, 0) is 9.59 Å². The molecule has 5 rings (SSSR count). The molecule has 0 spiro atoms. The minimum Gasteiger partial charge on any atom is -0.497 e. The summed E-state index contributed by atoms with van der Waals surface area (Å²) < 4.78 is 6.23. The summed E-state index contributed by atoms with van der Waals surface area (Å²) >= 11 is 1.43. The van der Waals surface area contributed by atoms with E-state index in [0.717, 1.165) is 87.6 Å². The Kier molecular flexibility index (Phi) is 10.1. The van der Waals surface area contributed by atoms with Crippen LogP contribution in [0.3, 0.4) is 0 Å². The topological polar surface area (TPSA) is 82.2 Å². The third-order valence-corrected chi connectivity index (χ3v) is 9.90. The second-order valence-corrected chi connectivity index (χ2v) is 12.5. The zero-order chi connectivity index (χ0) is 27.9. The number of rotatable bonds is 10. The zero-order valence-electron chi connectivity index (χ0n) is 23.9. The van der Waals surface area contributed by atoms with Crippen LogP contribution in [0.1, 0.15) is 74.6 Å². The highest BCUT2D eigenvalue weighted by Crippen LogP contribution is 2.32. The monoisotopic (exact) mass is 568 g/mol. The Bertz CT molecular complexity index is 1150. The number of thiophene rings is 1. The Hall–Kier alpha value is -2.49. The van der Waals surface area contributed by atoms with Gasteiger partial charge in [0.05, 0.1) is 7.11 Å². The van der Waals surface area contributed by atoms with Gasteiger partial charge < -0.3 is 19.9 Å². The third-order valence-electron chi connectivity index (χ3n) is 8.95. The van der Waals surface area contributed by atoms with E-state index in [0.29, 0.717) is 24.4 Å². The van der Waals surface area contributed by atoms with Crippen LogP contribution in [0.2, 0.25) is 0 Å². The zero-order valence-corrected chi connectivity index (χ0v) is 24.7. The van der Waals surface area contributed by atoms with Gasteiger partial charge in [0.25, 0.3) is 11.7 Å². The van der Waals surface area contributed by atoms with Gasteiger partial charge in [-0.2, -0.15) is 0 Å². The first-order valence-corrected chi connectivity index (χ1v) is 16.1. The lowest BCUT2D eigenvalue weighted by molar-refractivity contribution is -0.143. The molecular weight excluding hydrogens is 524 g/mol. The molecular formula is C31H44N4O4S. The number of piperazine rings is 1. The van der Waals surface area contributed by atoms with E-state index in [-0.39, 0.29) is 24.5 Å². The molecule has 9 heteroatoms. The fourth-order valence-corrected chi connectivity index (χ4v) is 7.66. The first kappa shape index (κ1) is 29.0. The first-order chi connectivity index (χ1) is 19.5. The fourth-order valence-electron chi connectivity index (χ4n) is 6.69. The Balaban J connectivity index is 1.37. The van der Waals surface area contributed by atoms with E-state index in [9.17, 15) is 14.4 Å². The number of hydrogen-bond acceptors (Lipinski definition) is 7. The van der Waals surface area contributed by atoms with Crippen LogP contribution >= 0.6 is 11.3 Å². The van der Waals surface area contributed by atoms with E-state index in [1.165, 1.54) is 24.2 Å². The van der Waals surface area contributed by atoms with E-state index in [2.05, 4.69) is 15.1 Å². The van der Waals surface area contributed by atoms with Crippen LogP contribution in [0, 0.1) is 0 Å². The summed E-state index contributed by atoms with van der Waals surface area (Å²) in [4.78, 5) is 47.6. The van der Waals surface area contributed by atoms with Gasteiger partial charge in [0, 0.05) is 72.4 Å². The molecule has 1 aromatic heterocycles. The molecule has 0 atom stereocenters. The van der Waals surface area contributed by atoms with Crippen LogP contribution in [0.15, 0.2) is 23.6 Å². The smallest absolute Gasteiger partial charge is 0.295 e. The molecule has 2 aliphatic carbocycles. The number of ketones is 1. The van der Waals surface area contributed by atoms with Crippen molar-refractivity contribution < 1.29 is 19.1 Å². The standard InChI is InChI=1S/C31H44N4O4S/c1-39-25-12-13-26-27(22-40-28(26)20-25)30(37)31(38)34(19-18-33-16-14-32-15-17-33)21-29(36)35(23-8-4-2-5-9-23)24-10-6-3-7-11-24/h12-13,20,22-24,32H,2-11,14-19,21H2,1H3. The summed E-state index contributed by atoms with van der Waals surface area (Å²) in [5.41, 5.74) is 0.406. The van der Waals surface area contributed by atoms with Crippen molar-refractivity contribution in [1.82, 2.24) is 20.0 Å². The number of amides is 2. The van der Waals surface area contributed by atoms with Crippen LogP contribution in [0.25, 0.3) is 10.1 Å². The average Bonchev–Trinajstić information content (AvgIpc) is 3.43. The summed E-state index contributed by atoms with van der Waals surface area (Å²) in [5.74, 6) is -0.383. The van der Waals surface area contributed by atoms with Crippen molar-refractivity contribution in [3.8, 4) is 5.75 Å². The number of methoxy groups -OCH3 is 1. The molecule has 3 aliphatic rings. The molecule has 40 heavy (non-hydrogen) atoms. The van der Waals surface area contributed by atoms with Crippen molar-refractivity contribution >= 4 is 39.0 Å². The van der Waals surface area contributed by atoms with E-state index in [4.69, 9.17) is 4.74 Å². The van der Waals surface area contributed by atoms with Gasteiger partial charge in [0.1, 0.15) is 12.3 Å². The minimum absolute atomic E-state index is 0.0140. The third kappa shape index (κ3) is 6.86. The summed E-state index contributed by atoms with van der Waals surface area (Å²) in [6, 6.07) is 6.05. The van der Waals surface area contributed by atoms with Gasteiger partial charge in [0.15, 0.2) is 0 Å². The molecule has 3 fully saturated rings. The molecule has 2 aromatic rings. The van der Waals surface area contributed by atoms with Gasteiger partial charge in [-0.05, 0) is 43.9 Å². The maximum Gasteiger partial charge on any atom is 0.295 e. The molecule has 2 heterocycles. The Morgan fingerprint density at radius 3 is 2.25 bits per heavy atom. The van der Waals surface area contributed by atoms with Crippen LogP contribution in [0.5, 0.6) is 5.75 Å². The van der Waals surface area contributed by atoms with Gasteiger partial charge in [-0.3, -0.25) is 19.3 Å². The summed E-state index contributed by atoms with van der Waals surface area (Å²) in [6.45, 7) is 4.62. The minimum atomic E-state index is -0.578. The molecule has 0 radical (unpaired) electrons. The summed E-state index contributed by atoms with van der Waals surface area (Å²) in [5, 5.41) is 5.88. The number of carbonyl (C=O) groups excluding carboxylic acids is 3. The number of nitrogens with one attached hydrogen (secondary N) is 1. The SMILES string of the molecule is COc1ccc2c(C(=O)C(=O)N(CCN3CCNCC3)CC(=O)N(C3CCCCC3)C3CCCCC3)csc2c1. The molecule has 1 N–H and O–H groups in total. The lowest BCUT2D eigenvalue weighted by atomic mass is 9.88. The van der Waals surface area contributed by atoms with Crippen LogP contribution in [-0.4, -0.2) is 97.3 Å². The summed E-state index contributed by atoms with van der Waals surface area (Å²) in [7, 11) is 1.61. The first-order valence-electron chi connectivity index (χ1n) is 15.2. The van der Waals surface area contributed by atoms with Crippen molar-refractivity contribution in [3.05, 3.63) is 29.1 Å². The lowest BCUT2D eigenvalue weighted by Gasteiger charge is -2.42. The molecule has 218 valence electrons. The number of benzene rings is 1. The number of hydrogen-bond donors (Lipinski definition) is 1. The van der Waals surface area contributed by atoms with Gasteiger partial charge in [-0.15, -0.1) is 11.3 Å². The molecule has 0 unspecified atom stereocenters. The lowest BCUT2D eigenvalue weighted by Crippen LogP contribution is -2.54. The molecule has 2 saturated carbocycles. The van der Waals surface area contributed by atoms with Gasteiger partial charge in [-0.25, -0.2) is 0 Å². The highest BCUT2D eigenvalue weighted by Gasteiger charge is 2.35. The molecule has 1 aliphatic heterocycles. The van der Waals surface area contributed by atoms with Crippen molar-refractivity contribution in [3.63, 3.8) is 0 Å². The quantitative estimate of drug-likeness (QED) is 0.340. The second-order valence-electron chi connectivity index (χ2n) is 11.5. The predicted octanol–water partition coefficient (Wildman–Crippen LogP) is 4.32. The van der Waals surface area contributed by atoms with E-state index < -0.39 is 11.7 Å². The molecule has 1 saturated heterocycles. The Labute approximate surface area is 242 Å². The molecule has 2 amide bonds. The largest absolute Gasteiger partial charge is 0.497 e. The number of ether oxygens (including phenoxy) is 1. The maximum atomic E-state index is 14.1. The highest BCUT2D eigenvalue weighted by molar-refractivity contribution is 7.17. The van der Waals surface area contributed by atoms with Crippen molar-refractivity contribution in [1.29, 1.82) is 0 Å². The van der Waals surface area contributed by atoms with Crippen LogP contribution in [0.4, 0.5) is 0 Å². The Morgan fingerprint density at radius 1 is 0.975 bits per heavy atom. The van der Waals surface area contributed by atoms with Crippen LogP contribution < -0.4 is 10.1 Å². The number of fused-ring (bicyclic) bond motifs is 1. The number of Topliss-reactive ketones (excluding diaryl/α,β-unsaturated/α-hetero) is 1. The molecule has 1 aromatic carbocycles. The van der Waals surface area contributed by atoms with Gasteiger partial charge in [0.2, 0.25) is 5.91 Å². The normalized spacial score (nSPS) is 19.4. The Morgan fingerprint density at radius 2 is 1.62 bits per heavy atom. The second kappa shape index (κ2) is 13.9. The predicted molar refractivity (Wildman–Crippen MR) is 159 cm³/mol. The summed E-state index contributed by atoms with van der Waals surface area (Å²) in [6.07, 6.45) is 11.2. The maximum absolute atomic E-state index is 14.1. The van der Waals surface area contributed by atoms with Crippen molar-refractivity contribution in [2.75, 3.05) is 52.9 Å². The molecule has 0 bridgehead atoms. The number of carbonyl (C=O) groups is 3. The molecule has 8 nitrogen and oxygen atoms in total. The highest BCUT2D eigenvalue weighted by atomic mass is 32.1. The van der Waals surface area contributed by atoms with E-state index >= 15 is 0 Å². The van der Waals surface area contributed by atoms with E-state index in [1.54, 1.807) is 17.4 Å². The van der Waals surface area contributed by atoms with E-state index in [1.807, 2.05) is 18.2 Å². The van der Waals surface area contributed by atoms with Crippen molar-refractivity contribution in [2.24, 2.45) is 0 Å². The van der Waals surface area contributed by atoms with Gasteiger partial charge >= 0.3 is 0 Å². The van der Waals surface area contributed by atoms with Gasteiger partial charge in [-0.1, -0.05) is 38.5 Å². The fraction of sp³-hybridized carbons (Fsp3) is 0.645.